The second-order valence-corrected chi connectivity index (χ2v) is 5.60. The molecule has 1 unspecified atom stereocenters. The van der Waals surface area contributed by atoms with Crippen LogP contribution in [0.3, 0.4) is 0 Å². The number of nitrogens with one attached hydrogen (secondary N) is 2. The summed E-state index contributed by atoms with van der Waals surface area (Å²) >= 11 is 0. The Morgan fingerprint density at radius 1 is 1.14 bits per heavy atom. The topological polar surface area (TPSA) is 44.4 Å². The molecule has 1 aliphatic heterocycles. The first-order valence-electron chi connectivity index (χ1n) is 7.64. The Morgan fingerprint density at radius 3 is 2.59 bits per heavy atom. The Bertz CT molecular complexity index is 636. The lowest BCUT2D eigenvalue weighted by atomic mass is 10.1. The van der Waals surface area contributed by atoms with Crippen molar-refractivity contribution in [3.63, 3.8) is 0 Å². The highest BCUT2D eigenvalue weighted by atomic mass is 16.2. The summed E-state index contributed by atoms with van der Waals surface area (Å²) < 4.78 is 0. The molecule has 0 bridgehead atoms. The van der Waals surface area contributed by atoms with Crippen molar-refractivity contribution < 1.29 is 4.79 Å². The number of benzene rings is 2. The van der Waals surface area contributed by atoms with E-state index in [1.165, 1.54) is 0 Å². The first kappa shape index (κ1) is 14.6. The van der Waals surface area contributed by atoms with Crippen LogP contribution < -0.4 is 10.6 Å². The molecule has 0 aromatic heterocycles. The fraction of sp³-hybridized carbons (Fsp3) is 0.278. The van der Waals surface area contributed by atoms with E-state index in [-0.39, 0.29) is 11.9 Å². The molecule has 22 heavy (non-hydrogen) atoms. The van der Waals surface area contributed by atoms with Crippen molar-refractivity contribution >= 4 is 17.3 Å². The molecule has 1 aliphatic rings. The molecular formula is C18H21N3O. The monoisotopic (exact) mass is 295 g/mol. The van der Waals surface area contributed by atoms with Gasteiger partial charge in [-0.3, -0.25) is 4.79 Å². The maximum atomic E-state index is 12.8. The zero-order valence-electron chi connectivity index (χ0n) is 12.8. The molecule has 2 aromatic rings. The van der Waals surface area contributed by atoms with E-state index in [1.807, 2.05) is 66.5 Å². The summed E-state index contributed by atoms with van der Waals surface area (Å²) in [6.45, 7) is 1.85. The van der Waals surface area contributed by atoms with Crippen LogP contribution in [0.15, 0.2) is 54.6 Å². The molecule has 2 N–H and O–H groups in total. The third-order valence-corrected chi connectivity index (χ3v) is 4.11. The zero-order valence-corrected chi connectivity index (χ0v) is 12.8. The lowest BCUT2D eigenvalue weighted by molar-refractivity contribution is 0.0745. The first-order valence-corrected chi connectivity index (χ1v) is 7.64. The number of rotatable bonds is 4. The second kappa shape index (κ2) is 6.62. The highest BCUT2D eigenvalue weighted by molar-refractivity contribution is 6.00. The molecular weight excluding hydrogens is 274 g/mol. The Balaban J connectivity index is 1.82. The predicted octanol–water partition coefficient (Wildman–Crippen LogP) is 2.86. The van der Waals surface area contributed by atoms with Gasteiger partial charge in [0.25, 0.3) is 5.91 Å². The van der Waals surface area contributed by atoms with Gasteiger partial charge in [0, 0.05) is 25.3 Å². The van der Waals surface area contributed by atoms with Crippen molar-refractivity contribution in [2.45, 2.75) is 12.5 Å². The van der Waals surface area contributed by atoms with E-state index < -0.39 is 0 Å². The molecule has 0 spiro atoms. The number of hydrogen-bond acceptors (Lipinski definition) is 3. The molecule has 2 aromatic carbocycles. The number of hydrogen-bond donors (Lipinski definition) is 2. The number of para-hydroxylation sites is 2. The maximum Gasteiger partial charge on any atom is 0.255 e. The van der Waals surface area contributed by atoms with Crippen molar-refractivity contribution in [1.82, 2.24) is 10.2 Å². The van der Waals surface area contributed by atoms with Crippen LogP contribution in [-0.4, -0.2) is 37.0 Å². The largest absolute Gasteiger partial charge is 0.355 e. The summed E-state index contributed by atoms with van der Waals surface area (Å²) in [6, 6.07) is 17.9. The molecule has 0 aliphatic carbocycles. The van der Waals surface area contributed by atoms with Crippen LogP contribution in [0.5, 0.6) is 0 Å². The number of carbonyl (C=O) groups is 1. The average molecular weight is 295 g/mol. The van der Waals surface area contributed by atoms with Gasteiger partial charge in [0.15, 0.2) is 0 Å². The van der Waals surface area contributed by atoms with Crippen molar-refractivity contribution in [2.75, 3.05) is 25.5 Å². The molecule has 3 rings (SSSR count). The van der Waals surface area contributed by atoms with Gasteiger partial charge in [0.1, 0.15) is 0 Å². The zero-order chi connectivity index (χ0) is 15.4. The molecule has 4 nitrogen and oxygen atoms in total. The first-order chi connectivity index (χ1) is 10.8. The smallest absolute Gasteiger partial charge is 0.255 e. The summed E-state index contributed by atoms with van der Waals surface area (Å²) in [4.78, 5) is 14.7. The lowest BCUT2D eigenvalue weighted by Gasteiger charge is -2.25. The SMILES string of the molecule is CN(C(=O)c1ccccc1Nc1ccccc1)C1CCNC1. The highest BCUT2D eigenvalue weighted by Crippen LogP contribution is 2.23. The summed E-state index contributed by atoms with van der Waals surface area (Å²) in [5.74, 6) is 0.0627. The average Bonchev–Trinajstić information content (AvgIpc) is 3.09. The highest BCUT2D eigenvalue weighted by Gasteiger charge is 2.25. The van der Waals surface area contributed by atoms with Crippen molar-refractivity contribution in [1.29, 1.82) is 0 Å². The van der Waals surface area contributed by atoms with Gasteiger partial charge in [-0.25, -0.2) is 0 Å². The van der Waals surface area contributed by atoms with Gasteiger partial charge in [0.2, 0.25) is 0 Å². The maximum absolute atomic E-state index is 12.8. The molecule has 1 heterocycles. The van der Waals surface area contributed by atoms with Crippen molar-refractivity contribution in [3.05, 3.63) is 60.2 Å². The molecule has 1 fully saturated rings. The third-order valence-electron chi connectivity index (χ3n) is 4.11. The Labute approximate surface area is 131 Å². The van der Waals surface area contributed by atoms with Crippen LogP contribution in [0.25, 0.3) is 0 Å². The summed E-state index contributed by atoms with van der Waals surface area (Å²) in [6.07, 6.45) is 1.01. The van der Waals surface area contributed by atoms with E-state index in [1.54, 1.807) is 0 Å². The van der Waals surface area contributed by atoms with E-state index in [2.05, 4.69) is 10.6 Å². The van der Waals surface area contributed by atoms with Gasteiger partial charge in [-0.05, 0) is 37.2 Å². The Kier molecular flexibility index (Phi) is 4.39. The van der Waals surface area contributed by atoms with Gasteiger partial charge in [-0.15, -0.1) is 0 Å². The normalized spacial score (nSPS) is 17.2. The number of amides is 1. The van der Waals surface area contributed by atoms with E-state index in [4.69, 9.17) is 0 Å². The minimum absolute atomic E-state index is 0.0627. The number of nitrogens with zero attached hydrogens (tertiary/aromatic N) is 1. The van der Waals surface area contributed by atoms with Gasteiger partial charge in [-0.2, -0.15) is 0 Å². The fourth-order valence-electron chi connectivity index (χ4n) is 2.78. The quantitative estimate of drug-likeness (QED) is 0.911. The van der Waals surface area contributed by atoms with Crippen LogP contribution >= 0.6 is 0 Å². The summed E-state index contributed by atoms with van der Waals surface area (Å²) in [7, 11) is 1.89. The summed E-state index contributed by atoms with van der Waals surface area (Å²) in [5.41, 5.74) is 2.53. The lowest BCUT2D eigenvalue weighted by Crippen LogP contribution is -2.38. The van der Waals surface area contributed by atoms with Gasteiger partial charge in [-0.1, -0.05) is 30.3 Å². The van der Waals surface area contributed by atoms with E-state index in [0.29, 0.717) is 5.56 Å². The predicted molar refractivity (Wildman–Crippen MR) is 89.5 cm³/mol. The molecule has 0 saturated carbocycles. The molecule has 1 amide bonds. The van der Waals surface area contributed by atoms with Crippen LogP contribution in [0, 0.1) is 0 Å². The molecule has 114 valence electrons. The Morgan fingerprint density at radius 2 is 1.86 bits per heavy atom. The molecule has 0 radical (unpaired) electrons. The van der Waals surface area contributed by atoms with Crippen LogP contribution in [-0.2, 0) is 0 Å². The second-order valence-electron chi connectivity index (χ2n) is 5.60. The number of anilines is 2. The van der Waals surface area contributed by atoms with E-state index in [9.17, 15) is 4.79 Å². The minimum atomic E-state index is 0.0627. The number of likely N-dealkylation sites (N-methyl/N-ethyl adjacent to an activating group) is 1. The van der Waals surface area contributed by atoms with Crippen LogP contribution in [0.4, 0.5) is 11.4 Å². The van der Waals surface area contributed by atoms with Crippen molar-refractivity contribution in [2.24, 2.45) is 0 Å². The van der Waals surface area contributed by atoms with Gasteiger partial charge >= 0.3 is 0 Å². The molecule has 1 saturated heterocycles. The molecule has 4 heteroatoms. The number of carbonyl (C=O) groups excluding carboxylic acids is 1. The van der Waals surface area contributed by atoms with Gasteiger partial charge < -0.3 is 15.5 Å². The van der Waals surface area contributed by atoms with Crippen molar-refractivity contribution in [3.8, 4) is 0 Å². The summed E-state index contributed by atoms with van der Waals surface area (Å²) in [5, 5.41) is 6.64. The Hall–Kier alpha value is -2.33. The third kappa shape index (κ3) is 3.12. The van der Waals surface area contributed by atoms with Gasteiger partial charge in [0.05, 0.1) is 11.3 Å². The van der Waals surface area contributed by atoms with E-state index in [0.717, 1.165) is 30.9 Å². The standard InChI is InChI=1S/C18H21N3O/c1-21(15-11-12-19-13-15)18(22)16-9-5-6-10-17(16)20-14-7-3-2-4-8-14/h2-10,15,19-20H,11-13H2,1H3. The van der Waals surface area contributed by atoms with Crippen LogP contribution in [0.1, 0.15) is 16.8 Å². The van der Waals surface area contributed by atoms with Crippen LogP contribution in [0.2, 0.25) is 0 Å². The minimum Gasteiger partial charge on any atom is -0.355 e. The molecule has 1 atom stereocenters. The fourth-order valence-corrected chi connectivity index (χ4v) is 2.78. The van der Waals surface area contributed by atoms with E-state index >= 15 is 0 Å².